The number of aromatic nitrogens is 3. The van der Waals surface area contributed by atoms with Crippen molar-refractivity contribution in [3.05, 3.63) is 29.2 Å². The van der Waals surface area contributed by atoms with Crippen molar-refractivity contribution in [2.75, 3.05) is 25.0 Å². The first kappa shape index (κ1) is 20.8. The zero-order valence-corrected chi connectivity index (χ0v) is 18.2. The molecule has 2 aromatic heterocycles. The second-order valence-electron chi connectivity index (χ2n) is 8.76. The summed E-state index contributed by atoms with van der Waals surface area (Å²) in [6.45, 7) is 8.23. The molecule has 4 rings (SSSR count). The van der Waals surface area contributed by atoms with E-state index in [0.29, 0.717) is 30.5 Å². The van der Waals surface area contributed by atoms with Crippen LogP contribution >= 0.6 is 11.6 Å². The minimum absolute atomic E-state index is 0.00963. The van der Waals surface area contributed by atoms with Gasteiger partial charge in [0.25, 0.3) is 0 Å². The van der Waals surface area contributed by atoms with Crippen molar-refractivity contribution in [2.45, 2.75) is 46.3 Å². The largest absolute Gasteiger partial charge is 0.374 e. The number of carbonyl (C=O) groups is 2. The minimum Gasteiger partial charge on any atom is -0.374 e. The normalized spacial score (nSPS) is 20.1. The molecule has 9 heteroatoms. The molecule has 4 heterocycles. The molecule has 2 aliphatic rings. The van der Waals surface area contributed by atoms with E-state index in [4.69, 9.17) is 16.3 Å². The molecule has 0 unspecified atom stereocenters. The molecule has 0 saturated carbocycles. The Morgan fingerprint density at radius 1 is 1.33 bits per heavy atom. The van der Waals surface area contributed by atoms with Gasteiger partial charge in [0.05, 0.1) is 30.4 Å². The number of pyridine rings is 1. The summed E-state index contributed by atoms with van der Waals surface area (Å²) in [6.07, 6.45) is 4.11. The summed E-state index contributed by atoms with van der Waals surface area (Å²) in [5.41, 5.74) is 3.07. The molecule has 0 bridgehead atoms. The number of hydrogen-bond donors (Lipinski definition) is 1. The topological polar surface area (TPSA) is 89.4 Å². The van der Waals surface area contributed by atoms with Crippen molar-refractivity contribution in [3.8, 4) is 11.1 Å². The molecule has 0 aliphatic carbocycles. The summed E-state index contributed by atoms with van der Waals surface area (Å²) in [5, 5.41) is 7.84. The van der Waals surface area contributed by atoms with Crippen LogP contribution in [0.2, 0.25) is 5.02 Å². The Morgan fingerprint density at radius 3 is 2.90 bits per heavy atom. The monoisotopic (exact) mass is 431 g/mol. The summed E-state index contributed by atoms with van der Waals surface area (Å²) >= 11 is 6.43. The van der Waals surface area contributed by atoms with Crippen molar-refractivity contribution < 1.29 is 14.3 Å². The maximum Gasteiger partial charge on any atom is 0.228 e. The van der Waals surface area contributed by atoms with E-state index in [-0.39, 0.29) is 29.8 Å². The van der Waals surface area contributed by atoms with Crippen LogP contribution in [0.5, 0.6) is 0 Å². The summed E-state index contributed by atoms with van der Waals surface area (Å²) < 4.78 is 7.65. The van der Waals surface area contributed by atoms with E-state index in [2.05, 4.69) is 29.2 Å². The number of anilines is 1. The van der Waals surface area contributed by atoms with E-state index in [1.54, 1.807) is 17.2 Å². The molecule has 1 fully saturated rings. The van der Waals surface area contributed by atoms with Crippen LogP contribution in [0.25, 0.3) is 11.1 Å². The summed E-state index contributed by atoms with van der Waals surface area (Å²) in [6, 6.07) is 1.78. The first-order chi connectivity index (χ1) is 14.2. The number of morpholine rings is 1. The van der Waals surface area contributed by atoms with Gasteiger partial charge < -0.3 is 15.0 Å². The summed E-state index contributed by atoms with van der Waals surface area (Å²) in [7, 11) is 0. The molecule has 2 amide bonds. The van der Waals surface area contributed by atoms with E-state index < -0.39 is 0 Å². The number of fused-ring (bicyclic) bond motifs is 1. The van der Waals surface area contributed by atoms with Gasteiger partial charge in [-0.15, -0.1) is 0 Å². The van der Waals surface area contributed by atoms with Crippen molar-refractivity contribution >= 4 is 29.2 Å². The van der Waals surface area contributed by atoms with Gasteiger partial charge >= 0.3 is 0 Å². The van der Waals surface area contributed by atoms with Gasteiger partial charge in [-0.25, -0.2) is 4.98 Å². The second-order valence-corrected chi connectivity index (χ2v) is 9.17. The van der Waals surface area contributed by atoms with Crippen LogP contribution < -0.4 is 5.32 Å². The number of ether oxygens (including phenoxy) is 1. The number of rotatable bonds is 4. The highest BCUT2D eigenvalue weighted by atomic mass is 35.5. The fourth-order valence-electron chi connectivity index (χ4n) is 4.12. The van der Waals surface area contributed by atoms with Crippen LogP contribution in [-0.2, 0) is 27.3 Å². The van der Waals surface area contributed by atoms with Crippen molar-refractivity contribution in [1.29, 1.82) is 0 Å². The Bertz CT molecular complexity index is 987. The fraction of sp³-hybridized carbons (Fsp3) is 0.524. The van der Waals surface area contributed by atoms with Crippen LogP contribution in [0.15, 0.2) is 18.5 Å². The van der Waals surface area contributed by atoms with E-state index in [1.165, 1.54) is 6.92 Å². The Labute approximate surface area is 180 Å². The fourth-order valence-corrected chi connectivity index (χ4v) is 4.32. The predicted octanol–water partition coefficient (Wildman–Crippen LogP) is 2.76. The van der Waals surface area contributed by atoms with Gasteiger partial charge in [-0.05, 0) is 17.9 Å². The van der Waals surface area contributed by atoms with Gasteiger partial charge in [0.2, 0.25) is 11.8 Å². The van der Waals surface area contributed by atoms with E-state index in [1.807, 2.05) is 10.9 Å². The van der Waals surface area contributed by atoms with Crippen molar-refractivity contribution in [1.82, 2.24) is 19.7 Å². The highest BCUT2D eigenvalue weighted by Crippen LogP contribution is 2.39. The molecule has 1 saturated heterocycles. The maximum atomic E-state index is 12.5. The molecule has 2 aliphatic heterocycles. The van der Waals surface area contributed by atoms with Crippen LogP contribution in [-0.4, -0.2) is 57.3 Å². The molecular weight excluding hydrogens is 406 g/mol. The highest BCUT2D eigenvalue weighted by molar-refractivity contribution is 6.33. The number of nitrogens with one attached hydrogen (secondary N) is 1. The summed E-state index contributed by atoms with van der Waals surface area (Å²) in [5.74, 6) is 0.202. The molecule has 1 atom stereocenters. The molecule has 0 radical (unpaired) electrons. The zero-order valence-electron chi connectivity index (χ0n) is 17.4. The molecule has 160 valence electrons. The quantitative estimate of drug-likeness (QED) is 0.803. The first-order valence-corrected chi connectivity index (χ1v) is 10.5. The third-order valence-electron chi connectivity index (χ3n) is 5.58. The molecule has 0 aromatic carbocycles. The van der Waals surface area contributed by atoms with Gasteiger partial charge in [-0.3, -0.25) is 14.3 Å². The standard InChI is InChI=1S/C21H26ClN5O3/c1-13(28)26-4-5-30-14(11-26)6-20(29)25-19-7-15(17(22)10-23-19)16-9-24-27-12-21(2,3)8-18(16)27/h7,9-10,14H,4-6,8,11-12H2,1-3H3,(H,23,25,29)/t14-/m1/s1. The minimum atomic E-state index is -0.324. The predicted molar refractivity (Wildman–Crippen MR) is 113 cm³/mol. The Morgan fingerprint density at radius 2 is 2.13 bits per heavy atom. The Balaban J connectivity index is 1.47. The number of nitrogens with zero attached hydrogens (tertiary/aromatic N) is 4. The summed E-state index contributed by atoms with van der Waals surface area (Å²) in [4.78, 5) is 30.0. The lowest BCUT2D eigenvalue weighted by atomic mass is 9.89. The van der Waals surface area contributed by atoms with E-state index in [9.17, 15) is 9.59 Å². The molecule has 1 N–H and O–H groups in total. The van der Waals surface area contributed by atoms with Crippen LogP contribution in [0.1, 0.15) is 32.9 Å². The maximum absolute atomic E-state index is 12.5. The lowest BCUT2D eigenvalue weighted by molar-refractivity contribution is -0.138. The molecular formula is C21H26ClN5O3. The second kappa shape index (κ2) is 8.00. The first-order valence-electron chi connectivity index (χ1n) is 10.1. The van der Waals surface area contributed by atoms with Crippen molar-refractivity contribution in [3.63, 3.8) is 0 Å². The zero-order chi connectivity index (χ0) is 21.5. The lowest BCUT2D eigenvalue weighted by Crippen LogP contribution is -2.45. The Hall–Kier alpha value is -2.45. The average molecular weight is 432 g/mol. The van der Waals surface area contributed by atoms with Gasteiger partial charge in [-0.2, -0.15) is 5.10 Å². The Kier molecular flexibility index (Phi) is 5.55. The number of halogens is 1. The molecule has 0 spiro atoms. The average Bonchev–Trinajstić information content (AvgIpc) is 3.18. The lowest BCUT2D eigenvalue weighted by Gasteiger charge is -2.31. The number of amides is 2. The van der Waals surface area contributed by atoms with Gasteiger partial charge in [0.15, 0.2) is 0 Å². The van der Waals surface area contributed by atoms with Gasteiger partial charge in [-0.1, -0.05) is 25.4 Å². The van der Waals surface area contributed by atoms with Gasteiger partial charge in [0.1, 0.15) is 5.82 Å². The van der Waals surface area contributed by atoms with Crippen molar-refractivity contribution in [2.24, 2.45) is 5.41 Å². The molecule has 8 nitrogen and oxygen atoms in total. The number of carbonyl (C=O) groups excluding carboxylic acids is 2. The SMILES string of the molecule is CC(=O)N1CCO[C@H](CC(=O)Nc2cc(-c3cnn4c3CC(C)(C)C4)c(Cl)cn2)C1. The molecule has 2 aromatic rings. The highest BCUT2D eigenvalue weighted by Gasteiger charge is 2.32. The smallest absolute Gasteiger partial charge is 0.228 e. The van der Waals surface area contributed by atoms with E-state index >= 15 is 0 Å². The van der Waals surface area contributed by atoms with Crippen LogP contribution in [0.4, 0.5) is 5.82 Å². The molecule has 30 heavy (non-hydrogen) atoms. The van der Waals surface area contributed by atoms with E-state index in [0.717, 1.165) is 29.8 Å². The van der Waals surface area contributed by atoms with Gasteiger partial charge in [0, 0.05) is 49.6 Å². The van der Waals surface area contributed by atoms with Crippen LogP contribution in [0.3, 0.4) is 0 Å². The third-order valence-corrected chi connectivity index (χ3v) is 5.88. The third kappa shape index (κ3) is 4.34. The van der Waals surface area contributed by atoms with Crippen LogP contribution in [0, 0.1) is 5.41 Å². The number of hydrogen-bond acceptors (Lipinski definition) is 5.